The zero-order valence-corrected chi connectivity index (χ0v) is 12.4. The Labute approximate surface area is 117 Å². The molecule has 0 spiro atoms. The second-order valence-electron chi connectivity index (χ2n) is 4.85. The summed E-state index contributed by atoms with van der Waals surface area (Å²) in [7, 11) is 0. The molecule has 1 aliphatic heterocycles. The molecule has 0 bridgehead atoms. The van der Waals surface area contributed by atoms with Crippen LogP contribution in [0.3, 0.4) is 0 Å². The summed E-state index contributed by atoms with van der Waals surface area (Å²) in [6.45, 7) is 4.31. The van der Waals surface area contributed by atoms with E-state index in [1.54, 1.807) is 0 Å². The number of halogens is 1. The van der Waals surface area contributed by atoms with Gasteiger partial charge in [-0.1, -0.05) is 6.92 Å². The maximum atomic E-state index is 9.28. The number of piperidine rings is 1. The SMILES string of the molecule is CCCc1nc(Br)cc(N2CCCC(CO)C2)n1. The van der Waals surface area contributed by atoms with Crippen molar-refractivity contribution in [3.05, 3.63) is 16.5 Å². The van der Waals surface area contributed by atoms with Gasteiger partial charge in [-0.3, -0.25) is 0 Å². The van der Waals surface area contributed by atoms with Crippen LogP contribution in [-0.4, -0.2) is 34.8 Å². The predicted octanol–water partition coefficient (Wildman–Crippen LogP) is 2.40. The fraction of sp³-hybridized carbons (Fsp3) is 0.692. The van der Waals surface area contributed by atoms with E-state index in [0.29, 0.717) is 5.92 Å². The number of aliphatic hydroxyl groups excluding tert-OH is 1. The number of aliphatic hydroxyl groups is 1. The highest BCUT2D eigenvalue weighted by molar-refractivity contribution is 9.10. The third-order valence-corrected chi connectivity index (χ3v) is 3.71. The Morgan fingerprint density at radius 3 is 3.06 bits per heavy atom. The van der Waals surface area contributed by atoms with Gasteiger partial charge in [0.25, 0.3) is 0 Å². The van der Waals surface area contributed by atoms with Gasteiger partial charge in [0, 0.05) is 32.2 Å². The third kappa shape index (κ3) is 3.42. The van der Waals surface area contributed by atoms with E-state index in [1.807, 2.05) is 6.07 Å². The van der Waals surface area contributed by atoms with Crippen LogP contribution in [0.1, 0.15) is 32.0 Å². The lowest BCUT2D eigenvalue weighted by Crippen LogP contribution is -2.37. The van der Waals surface area contributed by atoms with Crippen LogP contribution in [0, 0.1) is 5.92 Å². The minimum absolute atomic E-state index is 0.268. The molecule has 0 aliphatic carbocycles. The van der Waals surface area contributed by atoms with Crippen LogP contribution in [0.5, 0.6) is 0 Å². The first kappa shape index (κ1) is 13.7. The zero-order chi connectivity index (χ0) is 13.0. The van der Waals surface area contributed by atoms with Gasteiger partial charge >= 0.3 is 0 Å². The second kappa shape index (κ2) is 6.48. The predicted molar refractivity (Wildman–Crippen MR) is 75.7 cm³/mol. The average Bonchev–Trinajstić information content (AvgIpc) is 2.38. The number of hydrogen-bond acceptors (Lipinski definition) is 4. The Morgan fingerprint density at radius 2 is 2.33 bits per heavy atom. The van der Waals surface area contributed by atoms with Crippen LogP contribution in [0.4, 0.5) is 5.82 Å². The lowest BCUT2D eigenvalue weighted by molar-refractivity contribution is 0.208. The molecule has 1 fully saturated rings. The van der Waals surface area contributed by atoms with E-state index >= 15 is 0 Å². The number of rotatable bonds is 4. The molecular formula is C13H20BrN3O. The Bertz CT molecular complexity index is 400. The first-order chi connectivity index (χ1) is 8.72. The molecule has 1 unspecified atom stereocenters. The maximum absolute atomic E-state index is 9.28. The first-order valence-electron chi connectivity index (χ1n) is 6.62. The summed E-state index contributed by atoms with van der Waals surface area (Å²) in [4.78, 5) is 11.3. The van der Waals surface area contributed by atoms with Gasteiger partial charge in [-0.05, 0) is 41.1 Å². The van der Waals surface area contributed by atoms with Gasteiger partial charge in [-0.15, -0.1) is 0 Å². The summed E-state index contributed by atoms with van der Waals surface area (Å²) in [5.74, 6) is 2.26. The summed E-state index contributed by atoms with van der Waals surface area (Å²) in [6.07, 6.45) is 4.19. The van der Waals surface area contributed by atoms with Gasteiger partial charge in [0.15, 0.2) is 0 Å². The van der Waals surface area contributed by atoms with E-state index in [2.05, 4.69) is 37.7 Å². The van der Waals surface area contributed by atoms with Crippen LogP contribution in [-0.2, 0) is 6.42 Å². The minimum Gasteiger partial charge on any atom is -0.396 e. The van der Waals surface area contributed by atoms with Crippen molar-refractivity contribution in [1.29, 1.82) is 0 Å². The van der Waals surface area contributed by atoms with Crippen LogP contribution in [0.15, 0.2) is 10.7 Å². The topological polar surface area (TPSA) is 49.2 Å². The van der Waals surface area contributed by atoms with Crippen molar-refractivity contribution in [2.75, 3.05) is 24.6 Å². The van der Waals surface area contributed by atoms with Crippen molar-refractivity contribution < 1.29 is 5.11 Å². The monoisotopic (exact) mass is 313 g/mol. The summed E-state index contributed by atoms with van der Waals surface area (Å²) >= 11 is 3.45. The Kier molecular flexibility index (Phi) is 4.95. The highest BCUT2D eigenvalue weighted by Crippen LogP contribution is 2.23. The van der Waals surface area contributed by atoms with E-state index in [-0.39, 0.29) is 6.61 Å². The summed E-state index contributed by atoms with van der Waals surface area (Å²) in [6, 6.07) is 1.97. The quantitative estimate of drug-likeness (QED) is 0.867. The number of aryl methyl sites for hydroxylation is 1. The van der Waals surface area contributed by atoms with Gasteiger partial charge in [0.2, 0.25) is 0 Å². The zero-order valence-electron chi connectivity index (χ0n) is 10.8. The molecule has 1 aromatic heterocycles. The summed E-state index contributed by atoms with van der Waals surface area (Å²) in [5.41, 5.74) is 0. The molecule has 2 heterocycles. The van der Waals surface area contributed by atoms with Gasteiger partial charge in [-0.25, -0.2) is 9.97 Å². The largest absolute Gasteiger partial charge is 0.396 e. The Hall–Kier alpha value is -0.680. The van der Waals surface area contributed by atoms with E-state index in [4.69, 9.17) is 0 Å². The van der Waals surface area contributed by atoms with Crippen molar-refractivity contribution in [2.24, 2.45) is 5.92 Å². The molecule has 0 radical (unpaired) electrons. The van der Waals surface area contributed by atoms with Gasteiger partial charge in [0.05, 0.1) is 0 Å². The fourth-order valence-corrected chi connectivity index (χ4v) is 2.78. The molecule has 100 valence electrons. The van der Waals surface area contributed by atoms with Crippen LogP contribution < -0.4 is 4.90 Å². The first-order valence-corrected chi connectivity index (χ1v) is 7.41. The number of anilines is 1. The molecule has 0 saturated carbocycles. The number of nitrogens with zero attached hydrogens (tertiary/aromatic N) is 3. The molecule has 2 rings (SSSR count). The highest BCUT2D eigenvalue weighted by atomic mass is 79.9. The van der Waals surface area contributed by atoms with Gasteiger partial charge in [-0.2, -0.15) is 0 Å². The van der Waals surface area contributed by atoms with Gasteiger partial charge < -0.3 is 10.0 Å². The molecule has 1 saturated heterocycles. The molecular weight excluding hydrogens is 294 g/mol. The van der Waals surface area contributed by atoms with E-state index in [1.165, 1.54) is 0 Å². The summed E-state index contributed by atoms with van der Waals surface area (Å²) in [5, 5.41) is 9.28. The molecule has 4 nitrogen and oxygen atoms in total. The van der Waals surface area contributed by atoms with Crippen molar-refractivity contribution in [3.63, 3.8) is 0 Å². The van der Waals surface area contributed by atoms with E-state index in [9.17, 15) is 5.11 Å². The Morgan fingerprint density at radius 1 is 1.50 bits per heavy atom. The van der Waals surface area contributed by atoms with Crippen LogP contribution >= 0.6 is 15.9 Å². The lowest BCUT2D eigenvalue weighted by Gasteiger charge is -2.32. The fourth-order valence-electron chi connectivity index (χ4n) is 2.37. The van der Waals surface area contributed by atoms with Crippen molar-refractivity contribution >= 4 is 21.7 Å². The molecule has 5 heteroatoms. The Balaban J connectivity index is 2.16. The van der Waals surface area contributed by atoms with Gasteiger partial charge in [0.1, 0.15) is 16.2 Å². The normalized spacial score (nSPS) is 20.2. The molecule has 0 amide bonds. The molecule has 0 aromatic carbocycles. The molecule has 1 N–H and O–H groups in total. The minimum atomic E-state index is 0.268. The smallest absolute Gasteiger partial charge is 0.133 e. The molecule has 1 aromatic rings. The van der Waals surface area contributed by atoms with Crippen molar-refractivity contribution in [2.45, 2.75) is 32.6 Å². The standard InChI is InChI=1S/C13H20BrN3O/c1-2-4-12-15-11(14)7-13(16-12)17-6-3-5-10(8-17)9-18/h7,10,18H,2-6,8-9H2,1H3. The van der Waals surface area contributed by atoms with E-state index < -0.39 is 0 Å². The second-order valence-corrected chi connectivity index (χ2v) is 5.66. The highest BCUT2D eigenvalue weighted by Gasteiger charge is 2.20. The average molecular weight is 314 g/mol. The summed E-state index contributed by atoms with van der Waals surface area (Å²) < 4.78 is 0.849. The van der Waals surface area contributed by atoms with Crippen molar-refractivity contribution in [3.8, 4) is 0 Å². The molecule has 1 atom stereocenters. The maximum Gasteiger partial charge on any atom is 0.133 e. The number of hydrogen-bond donors (Lipinski definition) is 1. The lowest BCUT2D eigenvalue weighted by atomic mass is 9.99. The van der Waals surface area contributed by atoms with Crippen LogP contribution in [0.2, 0.25) is 0 Å². The number of aromatic nitrogens is 2. The van der Waals surface area contributed by atoms with E-state index in [0.717, 1.165) is 55.0 Å². The third-order valence-electron chi connectivity index (χ3n) is 3.30. The van der Waals surface area contributed by atoms with Crippen LogP contribution in [0.25, 0.3) is 0 Å². The molecule has 18 heavy (non-hydrogen) atoms. The van der Waals surface area contributed by atoms with Crippen molar-refractivity contribution in [1.82, 2.24) is 9.97 Å². The molecule has 1 aliphatic rings.